The molecule has 0 saturated carbocycles. The molecule has 10 nitrogen and oxygen atoms in total. The van der Waals surface area contributed by atoms with E-state index in [-0.39, 0.29) is 23.8 Å². The minimum Gasteiger partial charge on any atom is -0.384 e. The van der Waals surface area contributed by atoms with Crippen LogP contribution < -0.4 is 27.2 Å². The molecule has 0 unspecified atom stereocenters. The van der Waals surface area contributed by atoms with Crippen molar-refractivity contribution in [3.63, 3.8) is 0 Å². The molecular formula is C22H24N6O4S. The van der Waals surface area contributed by atoms with Crippen LogP contribution in [0.5, 0.6) is 0 Å². The van der Waals surface area contributed by atoms with Gasteiger partial charge in [-0.15, -0.1) is 11.3 Å². The molecule has 11 heteroatoms. The number of benzene rings is 1. The maximum Gasteiger partial charge on any atom is 0.333 e. The van der Waals surface area contributed by atoms with Crippen LogP contribution in [0, 0.1) is 6.92 Å². The highest BCUT2D eigenvalue weighted by atomic mass is 32.1. The number of aryl methyl sites for hydroxylation is 1. The first-order chi connectivity index (χ1) is 15.8. The molecule has 172 valence electrons. The van der Waals surface area contributed by atoms with Gasteiger partial charge in [0.2, 0.25) is 11.8 Å². The van der Waals surface area contributed by atoms with Crippen LogP contribution in [0.25, 0.3) is 11.3 Å². The number of hydrogen-bond donors (Lipinski definition) is 2. The summed E-state index contributed by atoms with van der Waals surface area (Å²) in [6.45, 7) is 3.91. The number of nitrogen functional groups attached to an aromatic ring is 1. The van der Waals surface area contributed by atoms with Gasteiger partial charge in [-0.3, -0.25) is 23.5 Å². The first kappa shape index (κ1) is 22.5. The zero-order chi connectivity index (χ0) is 23.7. The minimum atomic E-state index is -0.668. The number of hydrogen-bond acceptors (Lipinski definition) is 7. The number of carbonyl (C=O) groups is 2. The Balaban J connectivity index is 1.64. The zero-order valence-corrected chi connectivity index (χ0v) is 19.1. The second-order valence-corrected chi connectivity index (χ2v) is 8.74. The monoisotopic (exact) mass is 468 g/mol. The molecule has 0 radical (unpaired) electrons. The third-order valence-corrected chi connectivity index (χ3v) is 6.25. The van der Waals surface area contributed by atoms with Crippen molar-refractivity contribution in [2.24, 2.45) is 0 Å². The number of anilines is 3. The van der Waals surface area contributed by atoms with Gasteiger partial charge in [0.25, 0.3) is 5.56 Å². The average Bonchev–Trinajstić information content (AvgIpc) is 3.40. The summed E-state index contributed by atoms with van der Waals surface area (Å²) in [6, 6.07) is 6.91. The van der Waals surface area contributed by atoms with Crippen LogP contribution in [0.2, 0.25) is 0 Å². The second-order valence-electron chi connectivity index (χ2n) is 7.68. The van der Waals surface area contributed by atoms with E-state index in [1.54, 1.807) is 48.4 Å². The fourth-order valence-corrected chi connectivity index (χ4v) is 4.50. The van der Waals surface area contributed by atoms with Crippen molar-refractivity contribution in [2.45, 2.75) is 39.8 Å². The lowest BCUT2D eigenvalue weighted by atomic mass is 10.2. The fourth-order valence-electron chi connectivity index (χ4n) is 3.90. The van der Waals surface area contributed by atoms with Gasteiger partial charge >= 0.3 is 5.69 Å². The molecule has 1 aliphatic rings. The predicted octanol–water partition coefficient (Wildman–Crippen LogP) is 1.81. The van der Waals surface area contributed by atoms with Crippen LogP contribution in [0.1, 0.15) is 24.8 Å². The lowest BCUT2D eigenvalue weighted by Crippen LogP contribution is -2.44. The summed E-state index contributed by atoms with van der Waals surface area (Å²) in [5.41, 5.74) is 6.43. The van der Waals surface area contributed by atoms with Crippen molar-refractivity contribution in [1.29, 1.82) is 0 Å². The number of amides is 2. The van der Waals surface area contributed by atoms with E-state index in [1.807, 2.05) is 0 Å². The Bertz CT molecular complexity index is 1360. The molecule has 3 aromatic rings. The summed E-state index contributed by atoms with van der Waals surface area (Å²) in [5, 5.41) is 5.16. The van der Waals surface area contributed by atoms with E-state index in [0.29, 0.717) is 30.0 Å². The van der Waals surface area contributed by atoms with E-state index >= 15 is 0 Å². The van der Waals surface area contributed by atoms with E-state index in [4.69, 9.17) is 5.73 Å². The lowest BCUT2D eigenvalue weighted by molar-refractivity contribution is -0.117. The molecule has 2 aromatic heterocycles. The lowest BCUT2D eigenvalue weighted by Gasteiger charge is -2.17. The number of nitrogens with zero attached hydrogens (tertiary/aromatic N) is 4. The molecule has 1 saturated heterocycles. The third-order valence-electron chi connectivity index (χ3n) is 5.48. The Labute approximate surface area is 193 Å². The molecule has 0 spiro atoms. The van der Waals surface area contributed by atoms with Crippen LogP contribution >= 0.6 is 11.3 Å². The molecule has 2 amide bonds. The van der Waals surface area contributed by atoms with Gasteiger partial charge in [-0.25, -0.2) is 9.78 Å². The van der Waals surface area contributed by atoms with Crippen LogP contribution in [0.3, 0.4) is 0 Å². The van der Waals surface area contributed by atoms with E-state index in [1.165, 1.54) is 15.9 Å². The number of thiazole rings is 1. The molecule has 0 bridgehead atoms. The molecule has 4 rings (SSSR count). The highest BCUT2D eigenvalue weighted by Gasteiger charge is 2.23. The molecule has 3 N–H and O–H groups in total. The zero-order valence-electron chi connectivity index (χ0n) is 18.3. The predicted molar refractivity (Wildman–Crippen MR) is 128 cm³/mol. The first-order valence-corrected chi connectivity index (χ1v) is 11.4. The van der Waals surface area contributed by atoms with Crippen molar-refractivity contribution in [1.82, 2.24) is 14.1 Å². The maximum atomic E-state index is 13.2. The molecule has 1 aliphatic heterocycles. The molecule has 3 heterocycles. The highest BCUT2D eigenvalue weighted by Crippen LogP contribution is 2.25. The van der Waals surface area contributed by atoms with Crippen molar-refractivity contribution in [2.75, 3.05) is 22.5 Å². The standard InChI is InChI=1S/C22H24N6O4S/c1-3-26-20(23)19(16-12-33-13(2)24-16)21(31)28(22(26)32)11-17(29)25-14-6-4-7-15(10-14)27-9-5-8-18(27)30/h4,6-7,10,12H,3,5,8-9,11,23H2,1-2H3,(H,25,29). The summed E-state index contributed by atoms with van der Waals surface area (Å²) < 4.78 is 2.12. The van der Waals surface area contributed by atoms with Crippen molar-refractivity contribution < 1.29 is 9.59 Å². The van der Waals surface area contributed by atoms with Crippen molar-refractivity contribution in [3.05, 3.63) is 55.5 Å². The number of aromatic nitrogens is 3. The highest BCUT2D eigenvalue weighted by molar-refractivity contribution is 7.09. The van der Waals surface area contributed by atoms with E-state index in [0.717, 1.165) is 16.0 Å². The van der Waals surface area contributed by atoms with Crippen molar-refractivity contribution in [3.8, 4) is 11.3 Å². The average molecular weight is 469 g/mol. The number of nitrogens with two attached hydrogens (primary N) is 1. The third kappa shape index (κ3) is 4.31. The Hall–Kier alpha value is -3.73. The summed E-state index contributed by atoms with van der Waals surface area (Å²) in [6.07, 6.45) is 1.29. The largest absolute Gasteiger partial charge is 0.384 e. The molecule has 0 atom stereocenters. The first-order valence-electron chi connectivity index (χ1n) is 10.6. The minimum absolute atomic E-state index is 0.0254. The van der Waals surface area contributed by atoms with Crippen molar-refractivity contribution >= 4 is 40.3 Å². The summed E-state index contributed by atoms with van der Waals surface area (Å²) in [7, 11) is 0. The summed E-state index contributed by atoms with van der Waals surface area (Å²) in [5.74, 6) is -0.485. The van der Waals surface area contributed by atoms with Gasteiger partial charge in [0, 0.05) is 36.3 Å². The maximum absolute atomic E-state index is 13.2. The Kier molecular flexibility index (Phi) is 6.14. The fraction of sp³-hybridized carbons (Fsp3) is 0.318. The number of rotatable bonds is 6. The summed E-state index contributed by atoms with van der Waals surface area (Å²) >= 11 is 1.36. The van der Waals surface area contributed by atoms with E-state index in [2.05, 4.69) is 10.3 Å². The van der Waals surface area contributed by atoms with Gasteiger partial charge in [0.05, 0.1) is 10.7 Å². The van der Waals surface area contributed by atoms with Crippen LogP contribution in [0.4, 0.5) is 17.2 Å². The summed E-state index contributed by atoms with van der Waals surface area (Å²) in [4.78, 5) is 56.8. The number of nitrogens with one attached hydrogen (secondary N) is 1. The Morgan fingerprint density at radius 1 is 1.24 bits per heavy atom. The van der Waals surface area contributed by atoms with Crippen LogP contribution in [-0.2, 0) is 22.7 Å². The van der Waals surface area contributed by atoms with Gasteiger partial charge < -0.3 is 16.0 Å². The Morgan fingerprint density at radius 3 is 2.67 bits per heavy atom. The molecule has 33 heavy (non-hydrogen) atoms. The molecule has 0 aliphatic carbocycles. The van der Waals surface area contributed by atoms with E-state index < -0.39 is 23.7 Å². The normalized spacial score (nSPS) is 13.5. The number of carbonyl (C=O) groups excluding carboxylic acids is 2. The Morgan fingerprint density at radius 2 is 2.03 bits per heavy atom. The second kappa shape index (κ2) is 9.02. The quantitative estimate of drug-likeness (QED) is 0.567. The molecule has 1 aromatic carbocycles. The van der Waals surface area contributed by atoms with Gasteiger partial charge in [-0.1, -0.05) is 6.07 Å². The molecule has 1 fully saturated rings. The van der Waals surface area contributed by atoms with Crippen LogP contribution in [0.15, 0.2) is 39.2 Å². The van der Waals surface area contributed by atoms with Gasteiger partial charge in [-0.2, -0.15) is 0 Å². The molecular weight excluding hydrogens is 444 g/mol. The smallest absolute Gasteiger partial charge is 0.333 e. The van der Waals surface area contributed by atoms with Gasteiger partial charge in [0.1, 0.15) is 17.9 Å². The topological polar surface area (TPSA) is 132 Å². The van der Waals surface area contributed by atoms with Gasteiger partial charge in [0.15, 0.2) is 0 Å². The van der Waals surface area contributed by atoms with Crippen LogP contribution in [-0.4, -0.2) is 32.5 Å². The SMILES string of the molecule is CCn1c(N)c(-c2csc(C)n2)c(=O)n(CC(=O)Nc2cccc(N3CCCC3=O)c2)c1=O. The van der Waals surface area contributed by atoms with E-state index in [9.17, 15) is 19.2 Å². The van der Waals surface area contributed by atoms with Gasteiger partial charge in [-0.05, 0) is 38.5 Å².